The molecule has 0 unspecified atom stereocenters. The predicted molar refractivity (Wildman–Crippen MR) is 52.0 cm³/mol. The van der Waals surface area contributed by atoms with Crippen molar-refractivity contribution >= 4 is 11.9 Å². The maximum Gasteiger partial charge on any atom is 0.152 e. The van der Waals surface area contributed by atoms with Gasteiger partial charge in [0.25, 0.3) is 0 Å². The van der Waals surface area contributed by atoms with E-state index in [-0.39, 0.29) is 0 Å². The van der Waals surface area contributed by atoms with E-state index in [1.165, 1.54) is 5.56 Å². The van der Waals surface area contributed by atoms with Crippen molar-refractivity contribution in [3.8, 4) is 0 Å². The van der Waals surface area contributed by atoms with Gasteiger partial charge in [0.05, 0.1) is 0 Å². The zero-order valence-corrected chi connectivity index (χ0v) is 7.53. The van der Waals surface area contributed by atoms with E-state index < -0.39 is 0 Å². The predicted octanol–water partition coefficient (Wildman–Crippen LogP) is 1.67. The number of nitrogens with zero attached hydrogens (tertiary/aromatic N) is 1. The van der Waals surface area contributed by atoms with E-state index in [1.807, 2.05) is 36.3 Å². The van der Waals surface area contributed by atoms with Crippen LogP contribution in [-0.2, 0) is 11.3 Å². The molecule has 1 aromatic rings. The summed E-state index contributed by atoms with van der Waals surface area (Å²) in [6, 6.07) is 8.01. The van der Waals surface area contributed by atoms with Gasteiger partial charge in [-0.15, -0.1) is 0 Å². The molecule has 0 amide bonds. The van der Waals surface area contributed by atoms with Crippen molar-refractivity contribution in [2.75, 3.05) is 7.05 Å². The Balaban J connectivity index is 2.54. The fraction of sp³-hybridized carbons (Fsp3) is 0.182. The molecule has 0 aromatic heterocycles. The second-order valence-corrected chi connectivity index (χ2v) is 3.27. The number of fused-ring (bicyclic) bond motifs is 1. The Bertz CT molecular complexity index is 368. The van der Waals surface area contributed by atoms with Crippen LogP contribution in [0.25, 0.3) is 5.57 Å². The standard InChI is InChI=1S/C11H11NO/c1-12-6-9-4-2-3-5-11(9)10(7-12)8-13/h2-5,7-8H,6H2,1H3. The second kappa shape index (κ2) is 3.05. The number of hydrogen-bond donors (Lipinski definition) is 0. The average molecular weight is 173 g/mol. The highest BCUT2D eigenvalue weighted by atomic mass is 16.1. The van der Waals surface area contributed by atoms with Crippen LogP contribution in [0.5, 0.6) is 0 Å². The van der Waals surface area contributed by atoms with Crippen LogP contribution in [0.4, 0.5) is 0 Å². The fourth-order valence-electron chi connectivity index (χ4n) is 1.66. The van der Waals surface area contributed by atoms with Gasteiger partial charge in [0.1, 0.15) is 0 Å². The number of rotatable bonds is 1. The molecule has 1 aliphatic rings. The minimum atomic E-state index is 0.768. The monoisotopic (exact) mass is 173 g/mol. The molecule has 0 saturated carbocycles. The molecule has 13 heavy (non-hydrogen) atoms. The molecule has 2 heteroatoms. The maximum atomic E-state index is 10.8. The average Bonchev–Trinajstić information content (AvgIpc) is 2.16. The van der Waals surface area contributed by atoms with Gasteiger partial charge in [-0.25, -0.2) is 0 Å². The summed E-state index contributed by atoms with van der Waals surface area (Å²) >= 11 is 0. The van der Waals surface area contributed by atoms with Crippen molar-refractivity contribution in [1.82, 2.24) is 4.90 Å². The van der Waals surface area contributed by atoms with Gasteiger partial charge >= 0.3 is 0 Å². The van der Waals surface area contributed by atoms with Crippen molar-refractivity contribution in [2.24, 2.45) is 0 Å². The third kappa shape index (κ3) is 1.35. The number of allylic oxidation sites excluding steroid dienone is 1. The summed E-state index contributed by atoms with van der Waals surface area (Å²) in [5.41, 5.74) is 3.05. The van der Waals surface area contributed by atoms with Crippen molar-refractivity contribution in [3.63, 3.8) is 0 Å². The Morgan fingerprint density at radius 1 is 1.38 bits per heavy atom. The molecule has 66 valence electrons. The molecule has 1 aliphatic heterocycles. The zero-order chi connectivity index (χ0) is 9.26. The van der Waals surface area contributed by atoms with E-state index in [0.29, 0.717) is 0 Å². The Kier molecular flexibility index (Phi) is 1.89. The number of benzene rings is 1. The summed E-state index contributed by atoms with van der Waals surface area (Å²) in [6.07, 6.45) is 2.80. The summed E-state index contributed by atoms with van der Waals surface area (Å²) < 4.78 is 0. The number of carbonyl (C=O) groups excluding carboxylic acids is 1. The first-order valence-electron chi connectivity index (χ1n) is 4.27. The van der Waals surface area contributed by atoms with E-state index in [9.17, 15) is 4.79 Å². The highest BCUT2D eigenvalue weighted by molar-refractivity contribution is 6.07. The molecule has 0 spiro atoms. The molecule has 0 atom stereocenters. The maximum absolute atomic E-state index is 10.8. The van der Waals surface area contributed by atoms with Crippen LogP contribution in [-0.4, -0.2) is 18.2 Å². The molecule has 0 fully saturated rings. The van der Waals surface area contributed by atoms with Crippen LogP contribution in [0.2, 0.25) is 0 Å². The van der Waals surface area contributed by atoms with Crippen molar-refractivity contribution in [1.29, 1.82) is 0 Å². The first-order valence-corrected chi connectivity index (χ1v) is 4.27. The molecular weight excluding hydrogens is 162 g/mol. The first kappa shape index (κ1) is 8.05. The summed E-state index contributed by atoms with van der Waals surface area (Å²) in [6.45, 7) is 0.882. The van der Waals surface area contributed by atoms with Crippen molar-refractivity contribution in [2.45, 2.75) is 6.54 Å². The van der Waals surface area contributed by atoms with E-state index in [1.54, 1.807) is 0 Å². The summed E-state index contributed by atoms with van der Waals surface area (Å²) in [5, 5.41) is 0. The second-order valence-electron chi connectivity index (χ2n) is 3.27. The molecule has 0 radical (unpaired) electrons. The highest BCUT2D eigenvalue weighted by Crippen LogP contribution is 2.23. The highest BCUT2D eigenvalue weighted by Gasteiger charge is 2.13. The summed E-state index contributed by atoms with van der Waals surface area (Å²) in [7, 11) is 1.97. The number of carbonyl (C=O) groups is 1. The van der Waals surface area contributed by atoms with Gasteiger partial charge in [-0.05, 0) is 11.1 Å². The zero-order valence-electron chi connectivity index (χ0n) is 7.53. The van der Waals surface area contributed by atoms with E-state index >= 15 is 0 Å². The number of hydrogen-bond acceptors (Lipinski definition) is 2. The molecule has 0 saturated heterocycles. The van der Waals surface area contributed by atoms with Gasteiger partial charge < -0.3 is 4.90 Å². The first-order chi connectivity index (χ1) is 6.31. The lowest BCUT2D eigenvalue weighted by molar-refractivity contribution is -0.103. The molecule has 0 N–H and O–H groups in total. The smallest absolute Gasteiger partial charge is 0.152 e. The quantitative estimate of drug-likeness (QED) is 0.602. The Labute approximate surface area is 77.5 Å². The third-order valence-corrected chi connectivity index (χ3v) is 2.23. The Hall–Kier alpha value is -1.57. The molecule has 1 aromatic carbocycles. The van der Waals surface area contributed by atoms with Crippen LogP contribution >= 0.6 is 0 Å². The van der Waals surface area contributed by atoms with E-state index in [4.69, 9.17) is 0 Å². The molecule has 0 aliphatic carbocycles. The Morgan fingerprint density at radius 3 is 2.92 bits per heavy atom. The lowest BCUT2D eigenvalue weighted by Gasteiger charge is -2.23. The summed E-state index contributed by atoms with van der Waals surface area (Å²) in [4.78, 5) is 12.8. The normalized spacial score (nSPS) is 14.8. The van der Waals surface area contributed by atoms with Gasteiger partial charge in [0.2, 0.25) is 0 Å². The Morgan fingerprint density at radius 2 is 2.15 bits per heavy atom. The largest absolute Gasteiger partial charge is 0.375 e. The topological polar surface area (TPSA) is 20.3 Å². The fourth-order valence-corrected chi connectivity index (χ4v) is 1.66. The lowest BCUT2D eigenvalue weighted by Crippen LogP contribution is -2.17. The SMILES string of the molecule is CN1C=C(C=O)c2ccccc2C1. The van der Waals surface area contributed by atoms with Gasteiger partial charge in [-0.3, -0.25) is 4.79 Å². The van der Waals surface area contributed by atoms with Crippen LogP contribution in [0, 0.1) is 0 Å². The summed E-state index contributed by atoms with van der Waals surface area (Å²) in [5.74, 6) is 0. The minimum Gasteiger partial charge on any atom is -0.375 e. The minimum absolute atomic E-state index is 0.768. The van der Waals surface area contributed by atoms with Crippen LogP contribution in [0.1, 0.15) is 11.1 Å². The molecule has 0 bridgehead atoms. The van der Waals surface area contributed by atoms with Gasteiger partial charge in [0.15, 0.2) is 6.29 Å². The molecular formula is C11H11NO. The van der Waals surface area contributed by atoms with Crippen molar-refractivity contribution < 1.29 is 4.79 Å². The van der Waals surface area contributed by atoms with Crippen LogP contribution < -0.4 is 0 Å². The van der Waals surface area contributed by atoms with Gasteiger partial charge in [-0.1, -0.05) is 24.3 Å². The van der Waals surface area contributed by atoms with Gasteiger partial charge in [0, 0.05) is 25.4 Å². The molecule has 1 heterocycles. The van der Waals surface area contributed by atoms with Gasteiger partial charge in [-0.2, -0.15) is 0 Å². The third-order valence-electron chi connectivity index (χ3n) is 2.23. The van der Waals surface area contributed by atoms with Crippen molar-refractivity contribution in [3.05, 3.63) is 41.6 Å². The van der Waals surface area contributed by atoms with E-state index in [0.717, 1.165) is 24.0 Å². The molecule has 2 nitrogen and oxygen atoms in total. The number of aldehydes is 1. The lowest BCUT2D eigenvalue weighted by atomic mass is 9.98. The molecule has 2 rings (SSSR count). The van der Waals surface area contributed by atoms with Crippen LogP contribution in [0.15, 0.2) is 30.5 Å². The van der Waals surface area contributed by atoms with E-state index in [2.05, 4.69) is 6.07 Å². The van der Waals surface area contributed by atoms with Crippen LogP contribution in [0.3, 0.4) is 0 Å².